The van der Waals surface area contributed by atoms with Crippen LogP contribution in [0.4, 0.5) is 13.2 Å². The minimum atomic E-state index is -4.42. The normalized spacial score (nSPS) is 15.9. The first-order chi connectivity index (χ1) is 13.3. The van der Waals surface area contributed by atoms with Gasteiger partial charge in [-0.25, -0.2) is 0 Å². The Morgan fingerprint density at radius 1 is 1.07 bits per heavy atom. The van der Waals surface area contributed by atoms with Gasteiger partial charge in [-0.3, -0.25) is 4.98 Å². The van der Waals surface area contributed by atoms with E-state index in [-0.39, 0.29) is 0 Å². The fourth-order valence-corrected chi connectivity index (χ4v) is 3.81. The van der Waals surface area contributed by atoms with Gasteiger partial charge in [0.05, 0.1) is 5.52 Å². The number of rotatable bonds is 2. The van der Waals surface area contributed by atoms with Gasteiger partial charge < -0.3 is 9.47 Å². The van der Waals surface area contributed by atoms with Crippen LogP contribution in [-0.4, -0.2) is 34.6 Å². The lowest BCUT2D eigenvalue weighted by Gasteiger charge is -2.12. The molecule has 0 spiro atoms. The molecule has 0 saturated carbocycles. The van der Waals surface area contributed by atoms with E-state index in [0.29, 0.717) is 5.56 Å². The van der Waals surface area contributed by atoms with Crippen LogP contribution >= 0.6 is 0 Å². The van der Waals surface area contributed by atoms with Gasteiger partial charge in [0, 0.05) is 43.0 Å². The van der Waals surface area contributed by atoms with Gasteiger partial charge in [0.2, 0.25) is 0 Å². The lowest BCUT2D eigenvalue weighted by molar-refractivity contribution is -0.141. The van der Waals surface area contributed by atoms with E-state index >= 15 is 0 Å². The van der Waals surface area contributed by atoms with Crippen LogP contribution in [0.1, 0.15) is 28.1 Å². The second kappa shape index (κ2) is 7.09. The van der Waals surface area contributed by atoms with E-state index in [1.807, 2.05) is 12.3 Å². The van der Waals surface area contributed by atoms with E-state index in [2.05, 4.69) is 46.6 Å². The SMILES string of the molecule is Cc1ccc2c(c1)c1c(n2/C=C/c2ccc(C(F)(F)F)nc2)CCN(C)CC1. The average Bonchev–Trinajstić information content (AvgIpc) is 2.79. The van der Waals surface area contributed by atoms with Crippen LogP contribution in [0, 0.1) is 6.92 Å². The first kappa shape index (κ1) is 18.7. The first-order valence-corrected chi connectivity index (χ1v) is 9.35. The molecule has 28 heavy (non-hydrogen) atoms. The Hall–Kier alpha value is -2.60. The molecule has 3 nitrogen and oxygen atoms in total. The Bertz CT molecular complexity index is 1030. The third-order valence-electron chi connectivity index (χ3n) is 5.34. The van der Waals surface area contributed by atoms with Crippen molar-refractivity contribution >= 4 is 23.2 Å². The summed E-state index contributed by atoms with van der Waals surface area (Å²) in [7, 11) is 2.13. The van der Waals surface area contributed by atoms with E-state index in [0.717, 1.165) is 37.5 Å². The van der Waals surface area contributed by atoms with Gasteiger partial charge in [-0.1, -0.05) is 17.7 Å². The maximum Gasteiger partial charge on any atom is 0.433 e. The monoisotopic (exact) mass is 385 g/mol. The van der Waals surface area contributed by atoms with Crippen molar-refractivity contribution in [2.45, 2.75) is 25.9 Å². The number of aryl methyl sites for hydroxylation is 1. The predicted octanol–water partition coefficient (Wildman–Crippen LogP) is 5.02. The summed E-state index contributed by atoms with van der Waals surface area (Å²) in [5, 5.41) is 1.26. The maximum atomic E-state index is 12.7. The Balaban J connectivity index is 1.75. The first-order valence-electron chi connectivity index (χ1n) is 9.35. The molecule has 0 N–H and O–H groups in total. The summed E-state index contributed by atoms with van der Waals surface area (Å²) in [6.45, 7) is 4.10. The zero-order chi connectivity index (χ0) is 19.9. The second-order valence-electron chi connectivity index (χ2n) is 7.41. The van der Waals surface area contributed by atoms with E-state index in [1.54, 1.807) is 0 Å². The number of hydrogen-bond acceptors (Lipinski definition) is 2. The van der Waals surface area contributed by atoms with Crippen LogP contribution in [0.2, 0.25) is 0 Å². The van der Waals surface area contributed by atoms with Crippen molar-refractivity contribution < 1.29 is 13.2 Å². The van der Waals surface area contributed by atoms with Gasteiger partial charge in [-0.05, 0) is 55.8 Å². The highest BCUT2D eigenvalue weighted by molar-refractivity contribution is 5.89. The van der Waals surface area contributed by atoms with Crippen LogP contribution in [0.3, 0.4) is 0 Å². The molecule has 3 aromatic rings. The number of alkyl halides is 3. The third kappa shape index (κ3) is 3.56. The minimum Gasteiger partial charge on any atom is -0.320 e. The zero-order valence-electron chi connectivity index (χ0n) is 15.9. The molecule has 6 heteroatoms. The summed E-state index contributed by atoms with van der Waals surface area (Å²) in [5.41, 5.74) is 4.78. The smallest absolute Gasteiger partial charge is 0.320 e. The molecule has 1 aliphatic heterocycles. The number of nitrogens with zero attached hydrogens (tertiary/aromatic N) is 3. The lowest BCUT2D eigenvalue weighted by Crippen LogP contribution is -2.21. The standard InChI is InChI=1S/C22H22F3N3/c1-15-3-5-19-18(13-15)17-8-10-27(2)11-9-20(17)28(19)12-7-16-4-6-21(26-14-16)22(23,24)25/h3-7,12-14H,8-11H2,1-2H3/b12-7+. The van der Waals surface area contributed by atoms with E-state index in [9.17, 15) is 13.2 Å². The number of benzene rings is 1. The fraction of sp³-hybridized carbons (Fsp3) is 0.318. The van der Waals surface area contributed by atoms with Crippen molar-refractivity contribution in [3.05, 3.63) is 64.6 Å². The summed E-state index contributed by atoms with van der Waals surface area (Å²) in [5.74, 6) is 0. The molecule has 2 aromatic heterocycles. The maximum absolute atomic E-state index is 12.7. The molecule has 0 amide bonds. The van der Waals surface area contributed by atoms with E-state index in [4.69, 9.17) is 0 Å². The zero-order valence-corrected chi connectivity index (χ0v) is 15.9. The molecule has 1 aromatic carbocycles. The molecule has 0 saturated heterocycles. The van der Waals surface area contributed by atoms with Crippen LogP contribution in [0.5, 0.6) is 0 Å². The molecule has 0 aliphatic carbocycles. The highest BCUT2D eigenvalue weighted by atomic mass is 19.4. The molecule has 146 valence electrons. The molecular weight excluding hydrogens is 363 g/mol. The summed E-state index contributed by atoms with van der Waals surface area (Å²) in [6, 6.07) is 8.92. The van der Waals surface area contributed by atoms with Gasteiger partial charge >= 0.3 is 6.18 Å². The predicted molar refractivity (Wildman–Crippen MR) is 106 cm³/mol. The Labute approximate surface area is 162 Å². The largest absolute Gasteiger partial charge is 0.433 e. The van der Waals surface area contributed by atoms with Crippen LogP contribution in [0.15, 0.2) is 36.5 Å². The van der Waals surface area contributed by atoms with Crippen molar-refractivity contribution in [2.75, 3.05) is 20.1 Å². The van der Waals surface area contributed by atoms with Crippen molar-refractivity contribution in [1.82, 2.24) is 14.5 Å². The topological polar surface area (TPSA) is 21.1 Å². The van der Waals surface area contributed by atoms with E-state index in [1.165, 1.54) is 34.5 Å². The summed E-state index contributed by atoms with van der Waals surface area (Å²) >= 11 is 0. The lowest BCUT2D eigenvalue weighted by atomic mass is 10.1. The molecular formula is C22H22F3N3. The van der Waals surface area contributed by atoms with Crippen LogP contribution < -0.4 is 0 Å². The number of halogens is 3. The summed E-state index contributed by atoms with van der Waals surface area (Å²) < 4.78 is 40.3. The Morgan fingerprint density at radius 2 is 1.86 bits per heavy atom. The summed E-state index contributed by atoms with van der Waals surface area (Å²) in [6.07, 6.45) is 2.55. The number of likely N-dealkylation sites (N-methyl/N-ethyl adjacent to an activating group) is 1. The molecule has 0 bridgehead atoms. The highest BCUT2D eigenvalue weighted by Crippen LogP contribution is 2.31. The van der Waals surface area contributed by atoms with Gasteiger partial charge in [-0.2, -0.15) is 13.2 Å². The highest BCUT2D eigenvalue weighted by Gasteiger charge is 2.31. The van der Waals surface area contributed by atoms with Crippen molar-refractivity contribution in [3.63, 3.8) is 0 Å². The van der Waals surface area contributed by atoms with Crippen molar-refractivity contribution in [1.29, 1.82) is 0 Å². The van der Waals surface area contributed by atoms with Gasteiger partial charge in [0.1, 0.15) is 5.69 Å². The molecule has 0 unspecified atom stereocenters. The van der Waals surface area contributed by atoms with Crippen LogP contribution in [-0.2, 0) is 19.0 Å². The molecule has 1 aliphatic rings. The quantitative estimate of drug-likeness (QED) is 0.618. The average molecular weight is 385 g/mol. The van der Waals surface area contributed by atoms with Crippen molar-refractivity contribution in [2.24, 2.45) is 0 Å². The third-order valence-corrected chi connectivity index (χ3v) is 5.34. The number of pyridine rings is 1. The molecule has 3 heterocycles. The van der Waals surface area contributed by atoms with Gasteiger partial charge in [0.25, 0.3) is 0 Å². The molecule has 4 rings (SSSR count). The van der Waals surface area contributed by atoms with Crippen LogP contribution in [0.25, 0.3) is 23.2 Å². The number of aromatic nitrogens is 2. The van der Waals surface area contributed by atoms with Gasteiger partial charge in [-0.15, -0.1) is 0 Å². The van der Waals surface area contributed by atoms with E-state index < -0.39 is 11.9 Å². The molecule has 0 atom stereocenters. The second-order valence-corrected chi connectivity index (χ2v) is 7.41. The Morgan fingerprint density at radius 3 is 2.57 bits per heavy atom. The van der Waals surface area contributed by atoms with Crippen molar-refractivity contribution in [3.8, 4) is 0 Å². The Kier molecular flexibility index (Phi) is 4.75. The summed E-state index contributed by atoms with van der Waals surface area (Å²) in [4.78, 5) is 5.87. The molecule has 0 radical (unpaired) electrons. The molecule has 0 fully saturated rings. The number of fused-ring (bicyclic) bond motifs is 3. The van der Waals surface area contributed by atoms with Gasteiger partial charge in [0.15, 0.2) is 0 Å². The fourth-order valence-electron chi connectivity index (χ4n) is 3.81. The minimum absolute atomic E-state index is 0.640. The number of hydrogen-bond donors (Lipinski definition) is 0.